The third-order valence-electron chi connectivity index (χ3n) is 3.59. The van der Waals surface area contributed by atoms with E-state index in [1.54, 1.807) is 32.0 Å². The molecule has 0 fully saturated rings. The van der Waals surface area contributed by atoms with Crippen LogP contribution >= 0.6 is 0 Å². The molecule has 1 N–H and O–H groups in total. The Labute approximate surface area is 133 Å². The van der Waals surface area contributed by atoms with Gasteiger partial charge in [-0.3, -0.25) is 9.59 Å². The first kappa shape index (κ1) is 16.7. The Morgan fingerprint density at radius 1 is 1.35 bits per heavy atom. The predicted octanol–water partition coefficient (Wildman–Crippen LogP) is 2.26. The van der Waals surface area contributed by atoms with Crippen LogP contribution in [0.4, 0.5) is 4.39 Å². The monoisotopic (exact) mass is 319 g/mol. The zero-order chi connectivity index (χ0) is 17.0. The average Bonchev–Trinajstić information content (AvgIpc) is 2.89. The first-order valence-electron chi connectivity index (χ1n) is 7.26. The van der Waals surface area contributed by atoms with Crippen LogP contribution in [0.15, 0.2) is 30.5 Å². The molecule has 0 saturated heterocycles. The van der Waals surface area contributed by atoms with Gasteiger partial charge in [-0.25, -0.2) is 9.07 Å². The van der Waals surface area contributed by atoms with Gasteiger partial charge in [0.15, 0.2) is 0 Å². The lowest BCUT2D eigenvalue weighted by Crippen LogP contribution is -2.33. The van der Waals surface area contributed by atoms with Crippen molar-refractivity contribution >= 4 is 11.9 Å². The van der Waals surface area contributed by atoms with Gasteiger partial charge in [-0.2, -0.15) is 5.10 Å². The number of aromatic nitrogens is 2. The lowest BCUT2D eigenvalue weighted by atomic mass is 10.2. The highest BCUT2D eigenvalue weighted by Gasteiger charge is 2.21. The molecule has 0 aliphatic heterocycles. The number of carboxylic acids is 1. The SMILES string of the molecule is CCN(CCC(=O)O)C(=O)c1cnn(-c2ccccc2F)c1C. The summed E-state index contributed by atoms with van der Waals surface area (Å²) in [5, 5.41) is 12.8. The largest absolute Gasteiger partial charge is 0.481 e. The van der Waals surface area contributed by atoms with Crippen LogP contribution in [0, 0.1) is 12.7 Å². The zero-order valence-electron chi connectivity index (χ0n) is 13.0. The number of hydrogen-bond acceptors (Lipinski definition) is 3. The molecule has 0 saturated carbocycles. The number of hydrogen-bond donors (Lipinski definition) is 1. The molecule has 0 spiro atoms. The predicted molar refractivity (Wildman–Crippen MR) is 82.1 cm³/mol. The fourth-order valence-corrected chi connectivity index (χ4v) is 2.29. The maximum atomic E-state index is 13.9. The molecule has 0 radical (unpaired) electrons. The van der Waals surface area contributed by atoms with Crippen molar-refractivity contribution in [1.29, 1.82) is 0 Å². The second-order valence-corrected chi connectivity index (χ2v) is 5.04. The summed E-state index contributed by atoms with van der Waals surface area (Å²) >= 11 is 0. The van der Waals surface area contributed by atoms with E-state index in [-0.39, 0.29) is 24.6 Å². The molecular formula is C16H18FN3O3. The van der Waals surface area contributed by atoms with E-state index in [1.807, 2.05) is 0 Å². The second kappa shape index (κ2) is 7.04. The van der Waals surface area contributed by atoms with E-state index in [4.69, 9.17) is 5.11 Å². The molecule has 0 bridgehead atoms. The van der Waals surface area contributed by atoms with E-state index in [1.165, 1.54) is 21.8 Å². The van der Waals surface area contributed by atoms with Crippen molar-refractivity contribution in [3.05, 3.63) is 47.5 Å². The van der Waals surface area contributed by atoms with Gasteiger partial charge >= 0.3 is 5.97 Å². The Hall–Kier alpha value is -2.70. The maximum absolute atomic E-state index is 13.9. The molecule has 1 aromatic carbocycles. The second-order valence-electron chi connectivity index (χ2n) is 5.04. The summed E-state index contributed by atoms with van der Waals surface area (Å²) < 4.78 is 15.2. The number of carbonyl (C=O) groups is 2. The van der Waals surface area contributed by atoms with E-state index in [2.05, 4.69) is 5.10 Å². The van der Waals surface area contributed by atoms with Crippen LogP contribution in [0.1, 0.15) is 29.4 Å². The van der Waals surface area contributed by atoms with E-state index in [9.17, 15) is 14.0 Å². The van der Waals surface area contributed by atoms with Gasteiger partial charge < -0.3 is 10.0 Å². The van der Waals surface area contributed by atoms with Crippen LogP contribution in [-0.4, -0.2) is 44.8 Å². The van der Waals surface area contributed by atoms with Crippen molar-refractivity contribution in [1.82, 2.24) is 14.7 Å². The minimum Gasteiger partial charge on any atom is -0.481 e. The van der Waals surface area contributed by atoms with Crippen molar-refractivity contribution in [2.24, 2.45) is 0 Å². The van der Waals surface area contributed by atoms with Crippen molar-refractivity contribution < 1.29 is 19.1 Å². The first-order chi connectivity index (χ1) is 11.0. The molecule has 2 rings (SSSR count). The molecule has 1 aromatic heterocycles. The summed E-state index contributed by atoms with van der Waals surface area (Å²) in [7, 11) is 0. The number of carboxylic acid groups (broad SMARTS) is 1. The van der Waals surface area contributed by atoms with Gasteiger partial charge in [0.2, 0.25) is 0 Å². The highest BCUT2D eigenvalue weighted by Crippen LogP contribution is 2.18. The quantitative estimate of drug-likeness (QED) is 0.886. The molecule has 0 aliphatic rings. The van der Waals surface area contributed by atoms with E-state index in [0.29, 0.717) is 17.8 Å². The fraction of sp³-hybridized carbons (Fsp3) is 0.312. The number of nitrogens with zero attached hydrogens (tertiary/aromatic N) is 3. The molecule has 2 aromatic rings. The fourth-order valence-electron chi connectivity index (χ4n) is 2.29. The Bertz CT molecular complexity index is 727. The van der Waals surface area contributed by atoms with Crippen molar-refractivity contribution in [2.45, 2.75) is 20.3 Å². The average molecular weight is 319 g/mol. The van der Waals surface area contributed by atoms with Crippen LogP contribution in [0.5, 0.6) is 0 Å². The third-order valence-corrected chi connectivity index (χ3v) is 3.59. The van der Waals surface area contributed by atoms with Gasteiger partial charge in [-0.15, -0.1) is 0 Å². The molecule has 7 heteroatoms. The Morgan fingerprint density at radius 3 is 2.65 bits per heavy atom. The Kier molecular flexibility index (Phi) is 5.10. The molecule has 6 nitrogen and oxygen atoms in total. The number of carbonyl (C=O) groups excluding carboxylic acids is 1. The van der Waals surface area contributed by atoms with Crippen LogP contribution in [-0.2, 0) is 4.79 Å². The number of halogens is 1. The highest BCUT2D eigenvalue weighted by molar-refractivity contribution is 5.95. The molecule has 0 aliphatic carbocycles. The third kappa shape index (κ3) is 3.56. The lowest BCUT2D eigenvalue weighted by molar-refractivity contribution is -0.137. The summed E-state index contributed by atoms with van der Waals surface area (Å²) in [6.45, 7) is 3.96. The van der Waals surface area contributed by atoms with Gasteiger partial charge in [-0.1, -0.05) is 12.1 Å². The smallest absolute Gasteiger partial charge is 0.305 e. The van der Waals surface area contributed by atoms with Crippen molar-refractivity contribution in [3.63, 3.8) is 0 Å². The molecule has 1 amide bonds. The lowest BCUT2D eigenvalue weighted by Gasteiger charge is -2.19. The number of rotatable bonds is 6. The van der Waals surface area contributed by atoms with Gasteiger partial charge in [0.05, 0.1) is 23.9 Å². The number of amides is 1. The Morgan fingerprint density at radius 2 is 2.04 bits per heavy atom. The molecule has 122 valence electrons. The Balaban J connectivity index is 2.29. The molecule has 1 heterocycles. The van der Waals surface area contributed by atoms with E-state index < -0.39 is 11.8 Å². The molecule has 23 heavy (non-hydrogen) atoms. The van der Waals surface area contributed by atoms with Gasteiger partial charge in [0, 0.05) is 13.1 Å². The summed E-state index contributed by atoms with van der Waals surface area (Å²) in [5.74, 6) is -1.71. The van der Waals surface area contributed by atoms with Crippen LogP contribution in [0.25, 0.3) is 5.69 Å². The van der Waals surface area contributed by atoms with E-state index in [0.717, 1.165) is 0 Å². The topological polar surface area (TPSA) is 75.4 Å². The van der Waals surface area contributed by atoms with Crippen LogP contribution < -0.4 is 0 Å². The maximum Gasteiger partial charge on any atom is 0.305 e. The standard InChI is InChI=1S/C16H18FN3O3/c1-3-19(9-8-15(21)22)16(23)12-10-18-20(11(12)2)14-7-5-4-6-13(14)17/h4-7,10H,3,8-9H2,1-2H3,(H,21,22). The molecule has 0 unspecified atom stereocenters. The first-order valence-corrected chi connectivity index (χ1v) is 7.26. The van der Waals surface area contributed by atoms with Gasteiger partial charge in [0.25, 0.3) is 5.91 Å². The van der Waals surface area contributed by atoms with Crippen LogP contribution in [0.3, 0.4) is 0 Å². The summed E-state index contributed by atoms with van der Waals surface area (Å²) in [5.41, 5.74) is 1.10. The summed E-state index contributed by atoms with van der Waals surface area (Å²) in [4.78, 5) is 24.6. The van der Waals surface area contributed by atoms with E-state index >= 15 is 0 Å². The minimum absolute atomic E-state index is 0.120. The van der Waals surface area contributed by atoms with Gasteiger partial charge in [0.1, 0.15) is 11.5 Å². The zero-order valence-corrected chi connectivity index (χ0v) is 13.0. The molecule has 0 atom stereocenters. The normalized spacial score (nSPS) is 10.6. The summed E-state index contributed by atoms with van der Waals surface area (Å²) in [6, 6.07) is 6.16. The molecular weight excluding hydrogens is 301 g/mol. The van der Waals surface area contributed by atoms with Gasteiger partial charge in [-0.05, 0) is 26.0 Å². The van der Waals surface area contributed by atoms with Crippen LogP contribution in [0.2, 0.25) is 0 Å². The number of aliphatic carboxylic acids is 1. The highest BCUT2D eigenvalue weighted by atomic mass is 19.1. The summed E-state index contributed by atoms with van der Waals surface area (Å²) in [6.07, 6.45) is 1.26. The van der Waals surface area contributed by atoms with Crippen molar-refractivity contribution in [2.75, 3.05) is 13.1 Å². The number of benzene rings is 1. The minimum atomic E-state index is -0.963. The number of para-hydroxylation sites is 1. The van der Waals surface area contributed by atoms with Crippen molar-refractivity contribution in [3.8, 4) is 5.69 Å².